The Morgan fingerprint density at radius 2 is 2.11 bits per heavy atom. The number of rotatable bonds is 5. The number of aryl methyl sites for hydroxylation is 1. The maximum absolute atomic E-state index is 6.04. The van der Waals surface area contributed by atoms with Crippen LogP contribution in [-0.2, 0) is 6.42 Å². The molecule has 104 valence electrons. The number of fused-ring (bicyclic) bond motifs is 1. The molecule has 3 heteroatoms. The van der Waals surface area contributed by atoms with Crippen molar-refractivity contribution in [1.82, 2.24) is 4.90 Å². The summed E-state index contributed by atoms with van der Waals surface area (Å²) in [6.45, 7) is 4.55. The van der Waals surface area contributed by atoms with E-state index in [1.54, 1.807) is 0 Å². The van der Waals surface area contributed by atoms with Crippen LogP contribution >= 0.6 is 0 Å². The molecule has 2 aliphatic rings. The van der Waals surface area contributed by atoms with E-state index in [4.69, 9.17) is 10.5 Å². The number of nitrogens with zero attached hydrogens (tertiary/aromatic N) is 1. The first kappa shape index (κ1) is 12.9. The van der Waals surface area contributed by atoms with Gasteiger partial charge in [0.1, 0.15) is 5.75 Å². The first-order chi connectivity index (χ1) is 9.33. The topological polar surface area (TPSA) is 38.5 Å². The molecule has 1 aliphatic carbocycles. The normalized spacial score (nSPS) is 22.7. The maximum Gasteiger partial charge on any atom is 0.119 e. The molecule has 1 aliphatic heterocycles. The van der Waals surface area contributed by atoms with Gasteiger partial charge in [0.05, 0.1) is 6.61 Å². The smallest absolute Gasteiger partial charge is 0.119 e. The largest absolute Gasteiger partial charge is 0.494 e. The Morgan fingerprint density at radius 1 is 1.26 bits per heavy atom. The minimum absolute atomic E-state index is 0.235. The number of ether oxygens (including phenoxy) is 1. The van der Waals surface area contributed by atoms with Crippen LogP contribution < -0.4 is 10.5 Å². The molecule has 0 saturated carbocycles. The lowest BCUT2D eigenvalue weighted by Gasteiger charge is -2.14. The van der Waals surface area contributed by atoms with Crippen molar-refractivity contribution >= 4 is 0 Å². The average molecular weight is 260 g/mol. The van der Waals surface area contributed by atoms with E-state index >= 15 is 0 Å². The zero-order chi connectivity index (χ0) is 13.1. The average Bonchev–Trinajstić information content (AvgIpc) is 3.05. The molecule has 0 bridgehead atoms. The van der Waals surface area contributed by atoms with E-state index in [0.29, 0.717) is 0 Å². The van der Waals surface area contributed by atoms with Crippen molar-refractivity contribution in [3.05, 3.63) is 29.3 Å². The fourth-order valence-corrected chi connectivity index (χ4v) is 3.20. The predicted molar refractivity (Wildman–Crippen MR) is 77.5 cm³/mol. The summed E-state index contributed by atoms with van der Waals surface area (Å²) in [5, 5.41) is 0. The fraction of sp³-hybridized carbons (Fsp3) is 0.625. The molecule has 0 amide bonds. The molecule has 3 rings (SSSR count). The third kappa shape index (κ3) is 3.10. The van der Waals surface area contributed by atoms with Crippen LogP contribution in [0.5, 0.6) is 5.75 Å². The highest BCUT2D eigenvalue weighted by atomic mass is 16.5. The van der Waals surface area contributed by atoms with E-state index in [1.165, 1.54) is 43.6 Å². The molecule has 19 heavy (non-hydrogen) atoms. The van der Waals surface area contributed by atoms with Gasteiger partial charge in [-0.3, -0.25) is 0 Å². The van der Waals surface area contributed by atoms with Gasteiger partial charge in [0, 0.05) is 12.6 Å². The molecule has 2 N–H and O–H groups in total. The highest BCUT2D eigenvalue weighted by molar-refractivity contribution is 5.40. The molecule has 0 unspecified atom stereocenters. The molecule has 0 spiro atoms. The highest BCUT2D eigenvalue weighted by Gasteiger charge is 2.19. The summed E-state index contributed by atoms with van der Waals surface area (Å²) in [4.78, 5) is 2.53. The minimum Gasteiger partial charge on any atom is -0.494 e. The van der Waals surface area contributed by atoms with Crippen LogP contribution in [0.4, 0.5) is 0 Å². The van der Waals surface area contributed by atoms with Gasteiger partial charge in [-0.1, -0.05) is 6.07 Å². The molecule has 1 fully saturated rings. The standard InChI is InChI=1S/C16H24N2O/c17-16-7-4-13-12-14(5-6-15(13)16)19-11-3-10-18-8-1-2-9-18/h5-6,12,16H,1-4,7-11,17H2/t16-/m0/s1. The van der Waals surface area contributed by atoms with Crippen LogP contribution in [0, 0.1) is 0 Å². The number of nitrogens with two attached hydrogens (primary N) is 1. The number of hydrogen-bond acceptors (Lipinski definition) is 3. The van der Waals surface area contributed by atoms with Gasteiger partial charge in [0.2, 0.25) is 0 Å². The quantitative estimate of drug-likeness (QED) is 0.827. The van der Waals surface area contributed by atoms with Crippen molar-refractivity contribution in [3.63, 3.8) is 0 Å². The van der Waals surface area contributed by atoms with E-state index in [0.717, 1.165) is 31.6 Å². The summed E-state index contributed by atoms with van der Waals surface area (Å²) in [6, 6.07) is 6.62. The summed E-state index contributed by atoms with van der Waals surface area (Å²) in [5.74, 6) is 1.01. The minimum atomic E-state index is 0.235. The van der Waals surface area contributed by atoms with Gasteiger partial charge in [-0.05, 0) is 68.5 Å². The lowest BCUT2D eigenvalue weighted by molar-refractivity contribution is 0.263. The lowest BCUT2D eigenvalue weighted by Crippen LogP contribution is -2.21. The van der Waals surface area contributed by atoms with Crippen molar-refractivity contribution in [1.29, 1.82) is 0 Å². The Bertz CT molecular complexity index is 427. The SMILES string of the molecule is N[C@H]1CCc2cc(OCCCN3CCCC3)ccc21. The molecule has 1 aromatic rings. The Balaban J connectivity index is 1.45. The Morgan fingerprint density at radius 3 is 2.95 bits per heavy atom. The predicted octanol–water partition coefficient (Wildman–Crippen LogP) is 2.50. The Kier molecular flexibility index (Phi) is 4.04. The zero-order valence-electron chi connectivity index (χ0n) is 11.6. The summed E-state index contributed by atoms with van der Waals surface area (Å²) < 4.78 is 5.86. The monoisotopic (exact) mass is 260 g/mol. The van der Waals surface area contributed by atoms with Gasteiger partial charge in [-0.15, -0.1) is 0 Å². The van der Waals surface area contributed by atoms with Gasteiger partial charge in [0.15, 0.2) is 0 Å². The molecule has 0 radical (unpaired) electrons. The Labute approximate surface area is 115 Å². The molecular weight excluding hydrogens is 236 g/mol. The first-order valence-corrected chi connectivity index (χ1v) is 7.56. The van der Waals surface area contributed by atoms with Crippen molar-refractivity contribution in [2.75, 3.05) is 26.2 Å². The van der Waals surface area contributed by atoms with Crippen LogP contribution in [0.1, 0.15) is 42.9 Å². The van der Waals surface area contributed by atoms with Crippen LogP contribution in [-0.4, -0.2) is 31.1 Å². The second kappa shape index (κ2) is 5.93. The van der Waals surface area contributed by atoms with E-state index in [-0.39, 0.29) is 6.04 Å². The van der Waals surface area contributed by atoms with E-state index < -0.39 is 0 Å². The summed E-state index contributed by atoms with van der Waals surface area (Å²) in [6.07, 6.45) is 6.03. The number of hydrogen-bond donors (Lipinski definition) is 1. The molecule has 3 nitrogen and oxygen atoms in total. The second-order valence-corrected chi connectivity index (χ2v) is 5.76. The van der Waals surface area contributed by atoms with Crippen molar-refractivity contribution < 1.29 is 4.74 Å². The van der Waals surface area contributed by atoms with Gasteiger partial charge < -0.3 is 15.4 Å². The van der Waals surface area contributed by atoms with E-state index in [9.17, 15) is 0 Å². The van der Waals surface area contributed by atoms with Gasteiger partial charge >= 0.3 is 0 Å². The van der Waals surface area contributed by atoms with Crippen molar-refractivity contribution in [2.24, 2.45) is 5.73 Å². The van der Waals surface area contributed by atoms with Crippen molar-refractivity contribution in [3.8, 4) is 5.75 Å². The lowest BCUT2D eigenvalue weighted by atomic mass is 10.1. The molecule has 1 atom stereocenters. The third-order valence-electron chi connectivity index (χ3n) is 4.32. The van der Waals surface area contributed by atoms with Gasteiger partial charge in [0.25, 0.3) is 0 Å². The molecule has 0 aromatic heterocycles. The summed E-state index contributed by atoms with van der Waals surface area (Å²) in [5.41, 5.74) is 8.73. The van der Waals surface area contributed by atoms with E-state index in [2.05, 4.69) is 23.1 Å². The number of benzene rings is 1. The Hall–Kier alpha value is -1.06. The van der Waals surface area contributed by atoms with E-state index in [1.807, 2.05) is 0 Å². The van der Waals surface area contributed by atoms with Crippen LogP contribution in [0.25, 0.3) is 0 Å². The van der Waals surface area contributed by atoms with Gasteiger partial charge in [-0.2, -0.15) is 0 Å². The third-order valence-corrected chi connectivity index (χ3v) is 4.32. The fourth-order valence-electron chi connectivity index (χ4n) is 3.20. The molecular formula is C16H24N2O. The molecule has 1 heterocycles. The number of likely N-dealkylation sites (tertiary alicyclic amines) is 1. The summed E-state index contributed by atoms with van der Waals surface area (Å²) in [7, 11) is 0. The molecule has 1 aromatic carbocycles. The van der Waals surface area contributed by atoms with Crippen LogP contribution in [0.15, 0.2) is 18.2 Å². The second-order valence-electron chi connectivity index (χ2n) is 5.76. The summed E-state index contributed by atoms with van der Waals surface area (Å²) >= 11 is 0. The maximum atomic E-state index is 6.04. The van der Waals surface area contributed by atoms with Crippen LogP contribution in [0.3, 0.4) is 0 Å². The van der Waals surface area contributed by atoms with Gasteiger partial charge in [-0.25, -0.2) is 0 Å². The van der Waals surface area contributed by atoms with Crippen LogP contribution in [0.2, 0.25) is 0 Å². The highest BCUT2D eigenvalue weighted by Crippen LogP contribution is 2.31. The van der Waals surface area contributed by atoms with Crippen molar-refractivity contribution in [2.45, 2.75) is 38.1 Å². The molecule has 1 saturated heterocycles. The zero-order valence-corrected chi connectivity index (χ0v) is 11.6. The first-order valence-electron chi connectivity index (χ1n) is 7.56.